The number of allylic oxidation sites excluding steroid dienone is 3. The van der Waals surface area contributed by atoms with E-state index in [-0.39, 0.29) is 23.3 Å². The van der Waals surface area contributed by atoms with Crippen molar-refractivity contribution in [3.63, 3.8) is 0 Å². The predicted molar refractivity (Wildman–Crippen MR) is 128 cm³/mol. The Morgan fingerprint density at radius 2 is 1.68 bits per heavy atom. The molecule has 2 atom stereocenters. The minimum absolute atomic E-state index is 0.0792. The van der Waals surface area contributed by atoms with E-state index in [9.17, 15) is 9.59 Å². The normalized spacial score (nSPS) is 24.2. The number of fused-ring (bicyclic) bond motifs is 1. The van der Waals surface area contributed by atoms with Gasteiger partial charge in [-0.3, -0.25) is 4.79 Å². The second-order valence-electron chi connectivity index (χ2n) is 10.1. The summed E-state index contributed by atoms with van der Waals surface area (Å²) in [6.07, 6.45) is 6.28. The number of carbonyl (C=O) groups excluding carboxylic acids is 2. The Labute approximate surface area is 201 Å². The fraction of sp³-hybridized carbons (Fsp3) is 0.556. The highest BCUT2D eigenvalue weighted by molar-refractivity contribution is 5.96. The summed E-state index contributed by atoms with van der Waals surface area (Å²) in [4.78, 5) is 27.2. The van der Waals surface area contributed by atoms with Gasteiger partial charge in [0.25, 0.3) is 0 Å². The maximum absolute atomic E-state index is 13.6. The first-order valence-corrected chi connectivity index (χ1v) is 11.9. The van der Waals surface area contributed by atoms with Crippen LogP contribution in [0.2, 0.25) is 0 Å². The standard InChI is InChI=1S/C27H35NO6/c1-15-21(26(30)34-16-9-7-8-10-16)22(23-18(28-15)13-27(2,3)14-19(23)29)17-11-12-20(31-4)25(33-6)24(17)32-5/h11-13,16,22-23,28H,7-10,14H2,1-6H3. The Bertz CT molecular complexity index is 1050. The van der Waals surface area contributed by atoms with Crippen LogP contribution in [-0.4, -0.2) is 39.2 Å². The number of methoxy groups -OCH3 is 3. The SMILES string of the molecule is COc1ccc(C2C(C(=O)OC3CCCC3)=C(C)NC3=CC(C)(C)CC(=O)C32)c(OC)c1OC. The lowest BCUT2D eigenvalue weighted by atomic mass is 9.66. The Morgan fingerprint density at radius 1 is 1.00 bits per heavy atom. The molecule has 2 unspecified atom stereocenters. The van der Waals surface area contributed by atoms with Crippen LogP contribution in [0.5, 0.6) is 17.2 Å². The smallest absolute Gasteiger partial charge is 0.336 e. The maximum atomic E-state index is 13.6. The molecule has 7 heteroatoms. The van der Waals surface area contributed by atoms with Crippen LogP contribution >= 0.6 is 0 Å². The van der Waals surface area contributed by atoms with E-state index in [1.807, 2.05) is 26.8 Å². The molecule has 0 amide bonds. The minimum Gasteiger partial charge on any atom is -0.493 e. The predicted octanol–water partition coefficient (Wildman–Crippen LogP) is 4.66. The Kier molecular flexibility index (Phi) is 6.65. The molecule has 1 saturated carbocycles. The van der Waals surface area contributed by atoms with Gasteiger partial charge in [-0.25, -0.2) is 4.79 Å². The number of hydrogen-bond acceptors (Lipinski definition) is 7. The average Bonchev–Trinajstić information content (AvgIpc) is 3.28. The molecule has 1 aromatic rings. The summed E-state index contributed by atoms with van der Waals surface area (Å²) in [5.74, 6) is -0.0266. The molecule has 1 N–H and O–H groups in total. The Balaban J connectivity index is 1.90. The third-order valence-corrected chi connectivity index (χ3v) is 7.10. The molecular formula is C27H35NO6. The first kappa shape index (κ1) is 24.2. The van der Waals surface area contributed by atoms with Crippen molar-refractivity contribution in [1.29, 1.82) is 0 Å². The van der Waals surface area contributed by atoms with Gasteiger partial charge in [-0.15, -0.1) is 0 Å². The number of nitrogens with one attached hydrogen (secondary N) is 1. The van der Waals surface area contributed by atoms with E-state index in [4.69, 9.17) is 18.9 Å². The molecule has 1 aliphatic heterocycles. The van der Waals surface area contributed by atoms with E-state index in [2.05, 4.69) is 11.4 Å². The Morgan fingerprint density at radius 3 is 2.29 bits per heavy atom. The van der Waals surface area contributed by atoms with E-state index >= 15 is 0 Å². The van der Waals surface area contributed by atoms with Gasteiger partial charge in [-0.05, 0) is 44.1 Å². The molecular weight excluding hydrogens is 434 g/mol. The number of Topliss-reactive ketones (excluding diaryl/α,β-unsaturated/α-hetero) is 1. The summed E-state index contributed by atoms with van der Waals surface area (Å²) in [5.41, 5.74) is 2.40. The summed E-state index contributed by atoms with van der Waals surface area (Å²) >= 11 is 0. The number of ether oxygens (including phenoxy) is 4. The van der Waals surface area contributed by atoms with Crippen LogP contribution in [0.25, 0.3) is 0 Å². The van der Waals surface area contributed by atoms with Crippen LogP contribution in [0.1, 0.15) is 64.4 Å². The van der Waals surface area contributed by atoms with Gasteiger partial charge in [0, 0.05) is 29.3 Å². The molecule has 0 aromatic heterocycles. The molecule has 0 radical (unpaired) electrons. The highest BCUT2D eigenvalue weighted by Gasteiger charge is 2.48. The minimum atomic E-state index is -0.570. The van der Waals surface area contributed by atoms with Crippen LogP contribution in [-0.2, 0) is 14.3 Å². The number of benzene rings is 1. The molecule has 1 aromatic carbocycles. The lowest BCUT2D eigenvalue weighted by molar-refractivity contribution is -0.144. The molecule has 0 spiro atoms. The molecule has 2 aliphatic carbocycles. The molecule has 184 valence electrons. The van der Waals surface area contributed by atoms with E-state index in [1.54, 1.807) is 27.4 Å². The van der Waals surface area contributed by atoms with Gasteiger partial charge in [-0.1, -0.05) is 26.0 Å². The summed E-state index contributed by atoms with van der Waals surface area (Å²) in [6, 6.07) is 3.64. The lowest BCUT2D eigenvalue weighted by Gasteiger charge is -2.42. The number of carbonyl (C=O) groups is 2. The van der Waals surface area contributed by atoms with Crippen molar-refractivity contribution in [2.75, 3.05) is 21.3 Å². The largest absolute Gasteiger partial charge is 0.493 e. The molecule has 1 fully saturated rings. The van der Waals surface area contributed by atoms with E-state index < -0.39 is 11.8 Å². The van der Waals surface area contributed by atoms with Crippen molar-refractivity contribution in [2.45, 2.75) is 64.9 Å². The summed E-state index contributed by atoms with van der Waals surface area (Å²) in [5, 5.41) is 3.37. The van der Waals surface area contributed by atoms with Crippen molar-refractivity contribution in [2.24, 2.45) is 11.3 Å². The topological polar surface area (TPSA) is 83.1 Å². The zero-order chi connectivity index (χ0) is 24.6. The molecule has 34 heavy (non-hydrogen) atoms. The zero-order valence-corrected chi connectivity index (χ0v) is 20.9. The number of rotatable bonds is 6. The Hall–Kier alpha value is -2.96. The van der Waals surface area contributed by atoms with Gasteiger partial charge in [0.15, 0.2) is 11.5 Å². The van der Waals surface area contributed by atoms with Gasteiger partial charge in [0.2, 0.25) is 5.75 Å². The van der Waals surface area contributed by atoms with E-state index in [0.29, 0.717) is 40.5 Å². The summed E-state index contributed by atoms with van der Waals surface area (Å²) < 4.78 is 22.8. The van der Waals surface area contributed by atoms with Crippen molar-refractivity contribution in [3.05, 3.63) is 40.7 Å². The zero-order valence-electron chi connectivity index (χ0n) is 20.9. The van der Waals surface area contributed by atoms with Gasteiger partial charge < -0.3 is 24.3 Å². The maximum Gasteiger partial charge on any atom is 0.336 e. The summed E-state index contributed by atoms with van der Waals surface area (Å²) in [6.45, 7) is 5.96. The third kappa shape index (κ3) is 4.28. The first-order valence-electron chi connectivity index (χ1n) is 11.9. The van der Waals surface area contributed by atoms with Crippen LogP contribution in [0.15, 0.2) is 35.2 Å². The fourth-order valence-electron chi connectivity index (χ4n) is 5.66. The highest BCUT2D eigenvalue weighted by atomic mass is 16.5. The van der Waals surface area contributed by atoms with Crippen molar-refractivity contribution < 1.29 is 28.5 Å². The average molecular weight is 470 g/mol. The molecule has 0 saturated heterocycles. The van der Waals surface area contributed by atoms with Crippen molar-refractivity contribution in [3.8, 4) is 17.2 Å². The van der Waals surface area contributed by atoms with E-state index in [0.717, 1.165) is 31.4 Å². The quantitative estimate of drug-likeness (QED) is 0.607. The second kappa shape index (κ2) is 9.35. The molecule has 4 rings (SSSR count). The van der Waals surface area contributed by atoms with Crippen LogP contribution in [0, 0.1) is 11.3 Å². The van der Waals surface area contributed by atoms with Gasteiger partial charge in [0.05, 0.1) is 32.8 Å². The second-order valence-corrected chi connectivity index (χ2v) is 10.1. The molecule has 0 bridgehead atoms. The van der Waals surface area contributed by atoms with Crippen LogP contribution in [0.4, 0.5) is 0 Å². The van der Waals surface area contributed by atoms with Crippen molar-refractivity contribution >= 4 is 11.8 Å². The van der Waals surface area contributed by atoms with Gasteiger partial charge in [0.1, 0.15) is 11.9 Å². The lowest BCUT2D eigenvalue weighted by Crippen LogP contribution is -2.44. The summed E-state index contributed by atoms with van der Waals surface area (Å²) in [7, 11) is 4.66. The number of hydrogen-bond donors (Lipinski definition) is 1. The third-order valence-electron chi connectivity index (χ3n) is 7.10. The highest BCUT2D eigenvalue weighted by Crippen LogP contribution is 2.52. The van der Waals surface area contributed by atoms with Crippen molar-refractivity contribution in [1.82, 2.24) is 5.32 Å². The molecule has 3 aliphatic rings. The molecule has 1 heterocycles. The first-order chi connectivity index (χ1) is 16.2. The fourth-order valence-corrected chi connectivity index (χ4v) is 5.66. The van der Waals surface area contributed by atoms with Gasteiger partial charge >= 0.3 is 5.97 Å². The van der Waals surface area contributed by atoms with Crippen LogP contribution < -0.4 is 19.5 Å². The molecule has 7 nitrogen and oxygen atoms in total. The van der Waals surface area contributed by atoms with Gasteiger partial charge in [-0.2, -0.15) is 0 Å². The monoisotopic (exact) mass is 469 g/mol. The van der Waals surface area contributed by atoms with E-state index in [1.165, 1.54) is 0 Å². The van der Waals surface area contributed by atoms with Crippen LogP contribution in [0.3, 0.4) is 0 Å². The number of ketones is 1. The number of esters is 1.